The fraction of sp³-hybridized carbons (Fsp3) is 0.350. The van der Waals surface area contributed by atoms with E-state index in [4.69, 9.17) is 0 Å². The largest absolute Gasteiger partial charge is 0.355 e. The maximum absolute atomic E-state index is 12.3. The Bertz CT molecular complexity index is 627. The maximum Gasteiger partial charge on any atom is 0.232 e. The van der Waals surface area contributed by atoms with Crippen molar-refractivity contribution in [2.45, 2.75) is 37.7 Å². The molecule has 3 heteroatoms. The molecule has 0 spiro atoms. The number of carbonyl (C=O) groups is 1. The van der Waals surface area contributed by atoms with E-state index < -0.39 is 0 Å². The van der Waals surface area contributed by atoms with Gasteiger partial charge in [0.15, 0.2) is 0 Å². The second-order valence-corrected chi connectivity index (χ2v) is 7.27. The fourth-order valence-electron chi connectivity index (χ4n) is 2.36. The highest BCUT2D eigenvalue weighted by Gasteiger charge is 2.15. The minimum absolute atomic E-state index is 0.0439. The van der Waals surface area contributed by atoms with Crippen LogP contribution in [0.5, 0.6) is 0 Å². The zero-order chi connectivity index (χ0) is 16.7. The van der Waals surface area contributed by atoms with Gasteiger partial charge >= 0.3 is 0 Å². The van der Waals surface area contributed by atoms with Gasteiger partial charge in [-0.05, 0) is 36.5 Å². The van der Waals surface area contributed by atoms with Crippen LogP contribution in [-0.4, -0.2) is 17.7 Å². The van der Waals surface area contributed by atoms with Gasteiger partial charge < -0.3 is 5.32 Å². The summed E-state index contributed by atoms with van der Waals surface area (Å²) < 4.78 is 0. The van der Waals surface area contributed by atoms with Crippen LogP contribution in [0.1, 0.15) is 36.5 Å². The predicted octanol–water partition coefficient (Wildman–Crippen LogP) is 4.54. The number of rotatable bonds is 7. The van der Waals surface area contributed by atoms with Gasteiger partial charge in [-0.3, -0.25) is 4.79 Å². The molecule has 0 bridgehead atoms. The summed E-state index contributed by atoms with van der Waals surface area (Å²) in [7, 11) is 0. The first-order valence-electron chi connectivity index (χ1n) is 8.06. The van der Waals surface area contributed by atoms with Crippen LogP contribution in [0.25, 0.3) is 0 Å². The van der Waals surface area contributed by atoms with Crippen molar-refractivity contribution in [3.05, 3.63) is 71.3 Å². The Morgan fingerprint density at radius 3 is 2.39 bits per heavy atom. The number of nitrogens with one attached hydrogen (secondary N) is 1. The second kappa shape index (κ2) is 8.78. The van der Waals surface area contributed by atoms with Crippen molar-refractivity contribution in [2.24, 2.45) is 0 Å². The van der Waals surface area contributed by atoms with Crippen LogP contribution in [0.4, 0.5) is 0 Å². The van der Waals surface area contributed by atoms with Crippen LogP contribution >= 0.6 is 11.8 Å². The van der Waals surface area contributed by atoms with Crippen LogP contribution < -0.4 is 5.32 Å². The van der Waals surface area contributed by atoms with Gasteiger partial charge in [0.05, 0.1) is 5.25 Å². The van der Waals surface area contributed by atoms with Gasteiger partial charge in [0.2, 0.25) is 5.91 Å². The molecule has 2 aromatic rings. The van der Waals surface area contributed by atoms with Gasteiger partial charge in [0.1, 0.15) is 0 Å². The predicted molar refractivity (Wildman–Crippen MR) is 99.8 cm³/mol. The topological polar surface area (TPSA) is 29.1 Å². The Labute approximate surface area is 143 Å². The molecule has 23 heavy (non-hydrogen) atoms. The van der Waals surface area contributed by atoms with Crippen LogP contribution in [0, 0.1) is 6.92 Å². The van der Waals surface area contributed by atoms with Crippen molar-refractivity contribution in [1.29, 1.82) is 0 Å². The Hall–Kier alpha value is -1.74. The van der Waals surface area contributed by atoms with Gasteiger partial charge in [0.25, 0.3) is 0 Å². The third kappa shape index (κ3) is 5.43. The van der Waals surface area contributed by atoms with E-state index in [0.717, 1.165) is 5.75 Å². The molecular weight excluding hydrogens is 302 g/mol. The molecule has 2 unspecified atom stereocenters. The van der Waals surface area contributed by atoms with Crippen LogP contribution in [0.3, 0.4) is 0 Å². The first-order chi connectivity index (χ1) is 11.1. The Kier molecular flexibility index (Phi) is 6.72. The first kappa shape index (κ1) is 17.6. The quantitative estimate of drug-likeness (QED) is 0.809. The molecule has 0 fully saturated rings. The summed E-state index contributed by atoms with van der Waals surface area (Å²) in [6.45, 7) is 6.91. The molecule has 2 nitrogen and oxygen atoms in total. The second-order valence-electron chi connectivity index (χ2n) is 5.94. The summed E-state index contributed by atoms with van der Waals surface area (Å²) in [4.78, 5) is 12.3. The number of carbonyl (C=O) groups excluding carboxylic acids is 1. The van der Waals surface area contributed by atoms with Crippen molar-refractivity contribution in [2.75, 3.05) is 6.54 Å². The van der Waals surface area contributed by atoms with Crippen LogP contribution in [-0.2, 0) is 10.5 Å². The standard InChI is InChI=1S/C20H25NOS/c1-15-9-7-8-12-19(15)14-23-17(3)20(22)21-13-16(2)18-10-5-4-6-11-18/h4-12,16-17H,13-14H2,1-3H3,(H,21,22). The minimum Gasteiger partial charge on any atom is -0.355 e. The summed E-state index contributed by atoms with van der Waals surface area (Å²) in [5.74, 6) is 1.32. The Morgan fingerprint density at radius 2 is 1.70 bits per heavy atom. The monoisotopic (exact) mass is 327 g/mol. The minimum atomic E-state index is -0.0439. The summed E-state index contributed by atoms with van der Waals surface area (Å²) in [5.41, 5.74) is 3.84. The third-order valence-electron chi connectivity index (χ3n) is 4.07. The average Bonchev–Trinajstić information content (AvgIpc) is 2.59. The molecule has 0 radical (unpaired) electrons. The highest BCUT2D eigenvalue weighted by molar-refractivity contribution is 7.99. The number of benzene rings is 2. The molecule has 2 rings (SSSR count). The zero-order valence-electron chi connectivity index (χ0n) is 14.1. The summed E-state index contributed by atoms with van der Waals surface area (Å²) in [6, 6.07) is 18.6. The van der Waals surface area contributed by atoms with E-state index in [1.54, 1.807) is 11.8 Å². The number of thioether (sulfide) groups is 1. The van der Waals surface area contributed by atoms with Crippen molar-refractivity contribution in [1.82, 2.24) is 5.32 Å². The first-order valence-corrected chi connectivity index (χ1v) is 9.11. The molecular formula is C20H25NOS. The third-order valence-corrected chi connectivity index (χ3v) is 5.26. The molecule has 0 aliphatic heterocycles. The highest BCUT2D eigenvalue weighted by atomic mass is 32.2. The van der Waals surface area contributed by atoms with E-state index in [-0.39, 0.29) is 11.2 Å². The van der Waals surface area contributed by atoms with Crippen molar-refractivity contribution in [3.63, 3.8) is 0 Å². The van der Waals surface area contributed by atoms with E-state index in [1.807, 2.05) is 31.2 Å². The van der Waals surface area contributed by atoms with E-state index in [1.165, 1.54) is 16.7 Å². The van der Waals surface area contributed by atoms with Gasteiger partial charge in [0, 0.05) is 12.3 Å². The van der Waals surface area contributed by atoms with Crippen molar-refractivity contribution >= 4 is 17.7 Å². The average molecular weight is 327 g/mol. The normalized spacial score (nSPS) is 13.3. The lowest BCUT2D eigenvalue weighted by molar-refractivity contribution is -0.120. The van der Waals surface area contributed by atoms with Crippen LogP contribution in [0.2, 0.25) is 0 Å². The van der Waals surface area contributed by atoms with Crippen molar-refractivity contribution in [3.8, 4) is 0 Å². The number of amides is 1. The Balaban J connectivity index is 1.78. The van der Waals surface area contributed by atoms with E-state index in [2.05, 4.69) is 49.5 Å². The molecule has 0 saturated heterocycles. The molecule has 122 valence electrons. The molecule has 1 N–H and O–H groups in total. The lowest BCUT2D eigenvalue weighted by Crippen LogP contribution is -2.33. The molecule has 0 heterocycles. The molecule has 0 saturated carbocycles. The molecule has 0 aromatic heterocycles. The lowest BCUT2D eigenvalue weighted by atomic mass is 10.0. The van der Waals surface area contributed by atoms with Crippen molar-refractivity contribution < 1.29 is 4.79 Å². The number of hydrogen-bond donors (Lipinski definition) is 1. The molecule has 0 aliphatic rings. The van der Waals surface area contributed by atoms with E-state index in [0.29, 0.717) is 12.5 Å². The van der Waals surface area contributed by atoms with Gasteiger partial charge in [-0.1, -0.05) is 61.5 Å². The van der Waals surface area contributed by atoms with Gasteiger partial charge in [-0.25, -0.2) is 0 Å². The lowest BCUT2D eigenvalue weighted by Gasteiger charge is -2.16. The molecule has 2 aromatic carbocycles. The molecule has 0 aliphatic carbocycles. The van der Waals surface area contributed by atoms with E-state index >= 15 is 0 Å². The van der Waals surface area contributed by atoms with Gasteiger partial charge in [-0.15, -0.1) is 11.8 Å². The van der Waals surface area contributed by atoms with Gasteiger partial charge in [-0.2, -0.15) is 0 Å². The van der Waals surface area contributed by atoms with Crippen LogP contribution in [0.15, 0.2) is 54.6 Å². The summed E-state index contributed by atoms with van der Waals surface area (Å²) in [6.07, 6.45) is 0. The molecule has 1 amide bonds. The zero-order valence-corrected chi connectivity index (χ0v) is 14.9. The summed E-state index contributed by atoms with van der Waals surface area (Å²) in [5, 5.41) is 3.03. The fourth-order valence-corrected chi connectivity index (χ4v) is 3.35. The number of hydrogen-bond acceptors (Lipinski definition) is 2. The Morgan fingerprint density at radius 1 is 1.04 bits per heavy atom. The molecule has 2 atom stereocenters. The van der Waals surface area contributed by atoms with E-state index in [9.17, 15) is 4.79 Å². The maximum atomic E-state index is 12.3. The smallest absolute Gasteiger partial charge is 0.232 e. The number of aryl methyl sites for hydroxylation is 1. The summed E-state index contributed by atoms with van der Waals surface area (Å²) >= 11 is 1.69. The SMILES string of the molecule is Cc1ccccc1CSC(C)C(=O)NCC(C)c1ccccc1. The highest BCUT2D eigenvalue weighted by Crippen LogP contribution is 2.20.